The fourth-order valence-corrected chi connectivity index (χ4v) is 12.7. The fourth-order valence-electron chi connectivity index (χ4n) is 11.1. The Labute approximate surface area is 549 Å². The van der Waals surface area contributed by atoms with Gasteiger partial charge in [-0.1, -0.05) is 53.2 Å². The number of carbonyl (C=O) groups excluding carboxylic acids is 14. The van der Waals surface area contributed by atoms with Gasteiger partial charge in [0, 0.05) is 74.1 Å². The molecule has 0 spiro atoms. The molecule has 12 atom stereocenters. The molecule has 1 aromatic heterocycles. The van der Waals surface area contributed by atoms with E-state index in [-0.39, 0.29) is 53.8 Å². The average Bonchev–Trinajstić information content (AvgIpc) is 1.60. The molecular weight excluding hydrogens is 1280 g/mol. The molecule has 4 aliphatic heterocycles. The number of imide groups is 1. The number of fused-ring (bicyclic) bond motifs is 5. The third-order valence-electron chi connectivity index (χ3n) is 16.9. The van der Waals surface area contributed by atoms with Gasteiger partial charge < -0.3 is 88.8 Å². The summed E-state index contributed by atoms with van der Waals surface area (Å²) in [5.74, 6) is -17.7. The van der Waals surface area contributed by atoms with Crippen LogP contribution in [-0.4, -0.2) is 225 Å². The summed E-state index contributed by atoms with van der Waals surface area (Å²) in [6.07, 6.45) is -3.39. The van der Waals surface area contributed by atoms with Crippen molar-refractivity contribution >= 4 is 109 Å². The van der Waals surface area contributed by atoms with E-state index in [0.717, 1.165) is 28.0 Å². The molecule has 5 heterocycles. The Bertz CT molecular complexity index is 3670. The van der Waals surface area contributed by atoms with E-state index in [4.69, 9.17) is 0 Å². The molecule has 1 fully saturated rings. The van der Waals surface area contributed by atoms with Crippen LogP contribution in [0.1, 0.15) is 78.4 Å². The Hall–Kier alpha value is -9.87. The minimum absolute atomic E-state index is 0.0258. The first-order chi connectivity index (χ1) is 45.3. The SMILES string of the molecule is CC[C@H](C)[C@@H]1NC(=O)CNC(=O)[C@@H]2Cc3c([nH]c4cc(O)ccc34)S(=O)(=O)C[C@H](NC(=O)CNC1=O)C(=O)N[C@@H](CC(=O)NCc1ccc(NC(=O)[C@H](C)NC(=O)[C@@H](NC(=O)CCN3C(=O)C=CC3=O)C(C)C)cc1)C(=O)N1C[C@H](O)C[C@H]1C(=O)N[C@@H]([C@@H](C)[C@@H](O)CO)C(=O)N2. The number of hydrogen-bond donors (Lipinski definition) is 16. The number of hydrogen-bond acceptors (Lipinski definition) is 20. The molecule has 1 saturated heterocycles. The van der Waals surface area contributed by atoms with Crippen LogP contribution in [0.2, 0.25) is 0 Å². The zero-order valence-corrected chi connectivity index (χ0v) is 54.1. The summed E-state index contributed by atoms with van der Waals surface area (Å²) in [6.45, 7) is 5.30. The average molecular weight is 1360 g/mol. The summed E-state index contributed by atoms with van der Waals surface area (Å²) in [4.78, 5) is 197. The highest BCUT2D eigenvalue weighted by Crippen LogP contribution is 2.31. The lowest BCUT2D eigenvalue weighted by Gasteiger charge is -2.33. The number of rotatable bonds is 18. The quantitative estimate of drug-likeness (QED) is 0.0528. The van der Waals surface area contributed by atoms with E-state index in [9.17, 15) is 82.8 Å². The molecule has 14 amide bonds. The lowest BCUT2D eigenvalue weighted by atomic mass is 9.93. The molecule has 34 nitrogen and oxygen atoms in total. The van der Waals surface area contributed by atoms with Crippen LogP contribution in [0.15, 0.2) is 59.6 Å². The summed E-state index contributed by atoms with van der Waals surface area (Å²) in [5.41, 5.74) is 0.277. The molecule has 0 unspecified atom stereocenters. The van der Waals surface area contributed by atoms with Crippen LogP contribution >= 0.6 is 0 Å². The van der Waals surface area contributed by atoms with Crippen molar-refractivity contribution in [2.75, 3.05) is 43.9 Å². The standard InChI is InChI=1S/C61H80N14O20S/c1-7-29(4)51-57(90)64-23-46(82)67-41-27-96(94,95)60-37(36-13-12-34(77)18-38(36)70-60)20-39(54(87)63-24-47(83)72-51)68-59(92)52(30(5)43(79)26-76)73-56(89)42-19-35(78)25-75(42)61(93)40(69-55(41)88)21-45(81)62-22-32-8-10-33(11-9-32)66-53(86)31(6)65-58(91)50(28(2)3)71-44(80)16-17-74-48(84)14-15-49(74)85/h8-15,18,28-31,35,39-43,50-52,70,76-79H,7,16-17,19-27H2,1-6H3,(H,62,81)(H,63,87)(H,64,90)(H,65,91)(H,66,86)(H,67,82)(H,68,92)(H,69,88)(H,71,80)(H,72,83)(H,73,89)/t29-,30-,31-,35+,39-,40-,41-,42-,43-,50-,51-,52-/m0/s1. The van der Waals surface area contributed by atoms with Gasteiger partial charge in [-0.15, -0.1) is 0 Å². The molecule has 3 aromatic rings. The van der Waals surface area contributed by atoms with Crippen LogP contribution in [0.5, 0.6) is 5.75 Å². The number of amides is 14. The third kappa shape index (κ3) is 18.5. The summed E-state index contributed by atoms with van der Waals surface area (Å²) in [6, 6.07) is -4.09. The second-order valence-electron chi connectivity index (χ2n) is 24.3. The van der Waals surface area contributed by atoms with Crippen molar-refractivity contribution in [2.45, 2.75) is 146 Å². The monoisotopic (exact) mass is 1360 g/mol. The van der Waals surface area contributed by atoms with E-state index < -0.39 is 227 Å². The van der Waals surface area contributed by atoms with Gasteiger partial charge in [-0.3, -0.25) is 72.0 Å². The van der Waals surface area contributed by atoms with E-state index in [1.807, 2.05) is 0 Å². The van der Waals surface area contributed by atoms with Crippen LogP contribution in [-0.2, 0) is 89.9 Å². The number of carbonyl (C=O) groups is 14. The van der Waals surface area contributed by atoms with Gasteiger partial charge in [0.05, 0.1) is 49.6 Å². The van der Waals surface area contributed by atoms with Crippen molar-refractivity contribution in [3.63, 3.8) is 0 Å². The van der Waals surface area contributed by atoms with Crippen LogP contribution in [0.4, 0.5) is 5.69 Å². The minimum atomic E-state index is -5.05. The molecule has 0 saturated carbocycles. The topological polar surface area (TPSA) is 509 Å². The predicted octanol–water partition coefficient (Wildman–Crippen LogP) is -5.52. The van der Waals surface area contributed by atoms with Gasteiger partial charge in [-0.05, 0) is 54.2 Å². The Morgan fingerprint density at radius 1 is 0.729 bits per heavy atom. The van der Waals surface area contributed by atoms with Crippen molar-refractivity contribution in [2.24, 2.45) is 17.8 Å². The molecular formula is C61H80N14O20S. The van der Waals surface area contributed by atoms with Gasteiger partial charge in [-0.25, -0.2) is 8.42 Å². The first kappa shape index (κ1) is 73.5. The Kier molecular flexibility index (Phi) is 24.5. The number of H-pyrrole nitrogens is 1. The van der Waals surface area contributed by atoms with Crippen molar-refractivity contribution in [1.29, 1.82) is 0 Å². The summed E-state index contributed by atoms with van der Waals surface area (Å²) < 4.78 is 30.2. The van der Waals surface area contributed by atoms with Crippen molar-refractivity contribution < 1.29 is 96.0 Å². The number of anilines is 1. The zero-order chi connectivity index (χ0) is 70.6. The molecule has 96 heavy (non-hydrogen) atoms. The minimum Gasteiger partial charge on any atom is -0.508 e. The zero-order valence-electron chi connectivity index (χ0n) is 53.3. The summed E-state index contributed by atoms with van der Waals surface area (Å²) in [7, 11) is -5.05. The van der Waals surface area contributed by atoms with Gasteiger partial charge >= 0.3 is 0 Å². The van der Waals surface area contributed by atoms with Crippen molar-refractivity contribution in [1.82, 2.24) is 68.0 Å². The van der Waals surface area contributed by atoms with E-state index in [2.05, 4.69) is 63.5 Å². The first-order valence-electron chi connectivity index (χ1n) is 31.0. The maximum atomic E-state index is 15.1. The molecule has 0 radical (unpaired) electrons. The van der Waals surface area contributed by atoms with Gasteiger partial charge in [0.15, 0.2) is 9.84 Å². The highest BCUT2D eigenvalue weighted by Gasteiger charge is 2.46. The van der Waals surface area contributed by atoms with Crippen molar-refractivity contribution in [3.8, 4) is 5.75 Å². The van der Waals surface area contributed by atoms with E-state index in [0.29, 0.717) is 5.56 Å². The Morgan fingerprint density at radius 3 is 2.03 bits per heavy atom. The number of phenols is 1. The second kappa shape index (κ2) is 32.0. The number of aromatic hydroxyl groups is 1. The number of aliphatic hydroxyl groups is 3. The molecule has 35 heteroatoms. The lowest BCUT2D eigenvalue weighted by Crippen LogP contribution is -2.62. The highest BCUT2D eigenvalue weighted by atomic mass is 32.2. The maximum absolute atomic E-state index is 15.1. The van der Waals surface area contributed by atoms with Crippen LogP contribution in [0.3, 0.4) is 0 Å². The van der Waals surface area contributed by atoms with E-state index in [1.165, 1.54) is 50.2 Å². The smallest absolute Gasteiger partial charge is 0.253 e. The number of phenolic OH excluding ortho intramolecular Hbond substituents is 1. The molecule has 16 N–H and O–H groups in total. The number of aromatic nitrogens is 1. The normalized spacial score (nSPS) is 23.9. The Balaban J connectivity index is 1.18. The van der Waals surface area contributed by atoms with Crippen molar-refractivity contribution in [3.05, 3.63) is 65.7 Å². The number of benzene rings is 2. The fraction of sp³-hybridized carbons (Fsp3) is 0.508. The maximum Gasteiger partial charge on any atom is 0.253 e. The molecule has 2 aromatic carbocycles. The summed E-state index contributed by atoms with van der Waals surface area (Å²) in [5, 5.41) is 69.0. The molecule has 4 aliphatic rings. The largest absolute Gasteiger partial charge is 0.508 e. The number of nitrogens with zero attached hydrogens (tertiary/aromatic N) is 2. The van der Waals surface area contributed by atoms with Gasteiger partial charge in [-0.2, -0.15) is 0 Å². The first-order valence-corrected chi connectivity index (χ1v) is 32.6. The number of sulfone groups is 1. The third-order valence-corrected chi connectivity index (χ3v) is 18.6. The molecule has 2 bridgehead atoms. The number of nitrogens with one attached hydrogen (secondary N) is 12. The Morgan fingerprint density at radius 2 is 1.39 bits per heavy atom. The number of aromatic amines is 1. The number of aliphatic hydroxyl groups excluding tert-OH is 3. The highest BCUT2D eigenvalue weighted by molar-refractivity contribution is 7.91. The van der Waals surface area contributed by atoms with Gasteiger partial charge in [0.1, 0.15) is 59.1 Å². The predicted molar refractivity (Wildman–Crippen MR) is 336 cm³/mol. The van der Waals surface area contributed by atoms with Crippen LogP contribution < -0.4 is 58.5 Å². The van der Waals surface area contributed by atoms with Gasteiger partial charge in [0.25, 0.3) is 11.8 Å². The van der Waals surface area contributed by atoms with Crippen LogP contribution in [0, 0.1) is 17.8 Å². The lowest BCUT2D eigenvalue weighted by molar-refractivity contribution is -0.144. The molecule has 520 valence electrons. The molecule has 0 aliphatic carbocycles. The van der Waals surface area contributed by atoms with E-state index >= 15 is 13.2 Å². The summed E-state index contributed by atoms with van der Waals surface area (Å²) >= 11 is 0. The van der Waals surface area contributed by atoms with E-state index in [1.54, 1.807) is 27.7 Å². The molecule has 7 rings (SSSR count). The van der Waals surface area contributed by atoms with Crippen LogP contribution in [0.25, 0.3) is 10.9 Å². The second-order valence-corrected chi connectivity index (χ2v) is 26.3. The van der Waals surface area contributed by atoms with Gasteiger partial charge in [0.2, 0.25) is 70.9 Å².